The monoisotopic (exact) mass is 295 g/mol. The minimum absolute atomic E-state index is 0.262. The Morgan fingerprint density at radius 1 is 1.25 bits per heavy atom. The highest BCUT2D eigenvalue weighted by molar-refractivity contribution is 7.99. The number of rotatable bonds is 6. The van der Waals surface area contributed by atoms with E-state index in [1.807, 2.05) is 23.9 Å². The Balaban J connectivity index is 2.13. The van der Waals surface area contributed by atoms with E-state index < -0.39 is 0 Å². The van der Waals surface area contributed by atoms with Crippen LogP contribution in [0.2, 0.25) is 0 Å². The van der Waals surface area contributed by atoms with Gasteiger partial charge in [-0.1, -0.05) is 6.42 Å². The van der Waals surface area contributed by atoms with Gasteiger partial charge >= 0.3 is 0 Å². The molecule has 4 heteroatoms. The molecule has 0 radical (unpaired) electrons. The molecule has 0 aliphatic heterocycles. The fraction of sp³-hybridized carbons (Fsp3) is 0.625. The highest BCUT2D eigenvalue weighted by Crippen LogP contribution is 2.33. The van der Waals surface area contributed by atoms with Crippen molar-refractivity contribution >= 4 is 11.8 Å². The second-order valence-electron chi connectivity index (χ2n) is 5.31. The van der Waals surface area contributed by atoms with Crippen LogP contribution >= 0.6 is 11.8 Å². The van der Waals surface area contributed by atoms with Crippen molar-refractivity contribution in [3.8, 4) is 11.5 Å². The molecule has 3 atom stereocenters. The van der Waals surface area contributed by atoms with Gasteiger partial charge in [-0.3, -0.25) is 0 Å². The number of ether oxygens (including phenoxy) is 2. The van der Waals surface area contributed by atoms with Gasteiger partial charge in [0.05, 0.1) is 14.2 Å². The predicted octanol–water partition coefficient (Wildman–Crippen LogP) is 3.64. The normalized spacial score (nSPS) is 23.6. The SMILES string of the molecule is COc1ccc(OC)c(C(C)NC2CCCC2SC)c1. The molecular formula is C16H25NO2S. The van der Waals surface area contributed by atoms with E-state index in [0.29, 0.717) is 6.04 Å². The molecule has 0 amide bonds. The summed E-state index contributed by atoms with van der Waals surface area (Å²) in [5, 5.41) is 4.50. The van der Waals surface area contributed by atoms with E-state index in [1.165, 1.54) is 24.8 Å². The van der Waals surface area contributed by atoms with Gasteiger partial charge in [-0.05, 0) is 44.2 Å². The van der Waals surface area contributed by atoms with E-state index in [-0.39, 0.29) is 6.04 Å². The first-order valence-corrected chi connectivity index (χ1v) is 8.49. The summed E-state index contributed by atoms with van der Waals surface area (Å²) in [7, 11) is 3.42. The fourth-order valence-electron chi connectivity index (χ4n) is 2.99. The molecule has 0 bridgehead atoms. The molecule has 3 nitrogen and oxygen atoms in total. The van der Waals surface area contributed by atoms with Crippen molar-refractivity contribution in [2.24, 2.45) is 0 Å². The Bertz CT molecular complexity index is 438. The van der Waals surface area contributed by atoms with Gasteiger partial charge in [0.1, 0.15) is 11.5 Å². The number of benzene rings is 1. The number of thioether (sulfide) groups is 1. The smallest absolute Gasteiger partial charge is 0.123 e. The molecule has 0 heterocycles. The van der Waals surface area contributed by atoms with Gasteiger partial charge in [-0.25, -0.2) is 0 Å². The van der Waals surface area contributed by atoms with Gasteiger partial charge < -0.3 is 14.8 Å². The molecule has 0 aromatic heterocycles. The topological polar surface area (TPSA) is 30.5 Å². The van der Waals surface area contributed by atoms with Crippen LogP contribution in [0.15, 0.2) is 18.2 Å². The predicted molar refractivity (Wildman–Crippen MR) is 86.0 cm³/mol. The number of hydrogen-bond acceptors (Lipinski definition) is 4. The summed E-state index contributed by atoms with van der Waals surface area (Å²) in [6, 6.07) is 6.84. The van der Waals surface area contributed by atoms with Crippen LogP contribution in [0.4, 0.5) is 0 Å². The second kappa shape index (κ2) is 7.23. The Hall–Kier alpha value is -0.870. The molecule has 0 saturated heterocycles. The largest absolute Gasteiger partial charge is 0.497 e. The average Bonchev–Trinajstić information content (AvgIpc) is 2.93. The first-order valence-electron chi connectivity index (χ1n) is 7.20. The van der Waals surface area contributed by atoms with Crippen LogP contribution in [0.3, 0.4) is 0 Å². The zero-order valence-corrected chi connectivity index (χ0v) is 13.6. The summed E-state index contributed by atoms with van der Waals surface area (Å²) in [4.78, 5) is 0. The lowest BCUT2D eigenvalue weighted by Crippen LogP contribution is -2.36. The van der Waals surface area contributed by atoms with Crippen molar-refractivity contribution in [1.82, 2.24) is 5.32 Å². The lowest BCUT2D eigenvalue weighted by molar-refractivity contribution is 0.385. The van der Waals surface area contributed by atoms with Crippen molar-refractivity contribution in [1.29, 1.82) is 0 Å². The molecule has 1 fully saturated rings. The van der Waals surface area contributed by atoms with Gasteiger partial charge in [-0.2, -0.15) is 11.8 Å². The van der Waals surface area contributed by atoms with E-state index in [9.17, 15) is 0 Å². The molecule has 112 valence electrons. The third kappa shape index (κ3) is 3.41. The van der Waals surface area contributed by atoms with Crippen molar-refractivity contribution in [2.75, 3.05) is 20.5 Å². The van der Waals surface area contributed by atoms with Gasteiger partial charge in [0.25, 0.3) is 0 Å². The Morgan fingerprint density at radius 3 is 2.70 bits per heavy atom. The van der Waals surface area contributed by atoms with E-state index in [4.69, 9.17) is 9.47 Å². The maximum absolute atomic E-state index is 5.48. The Labute approximate surface area is 126 Å². The highest BCUT2D eigenvalue weighted by Gasteiger charge is 2.28. The molecule has 2 rings (SSSR count). The summed E-state index contributed by atoms with van der Waals surface area (Å²) in [5.74, 6) is 1.80. The summed E-state index contributed by atoms with van der Waals surface area (Å²) < 4.78 is 10.8. The lowest BCUT2D eigenvalue weighted by Gasteiger charge is -2.25. The first kappa shape index (κ1) is 15.5. The lowest BCUT2D eigenvalue weighted by atomic mass is 10.0. The van der Waals surface area contributed by atoms with Gasteiger partial charge in [-0.15, -0.1) is 0 Å². The minimum atomic E-state index is 0.262. The number of methoxy groups -OCH3 is 2. The molecule has 1 aromatic rings. The average molecular weight is 295 g/mol. The van der Waals surface area contributed by atoms with Crippen LogP contribution < -0.4 is 14.8 Å². The van der Waals surface area contributed by atoms with E-state index in [0.717, 1.165) is 16.7 Å². The molecule has 1 N–H and O–H groups in total. The zero-order chi connectivity index (χ0) is 14.5. The maximum atomic E-state index is 5.48. The zero-order valence-electron chi connectivity index (χ0n) is 12.8. The van der Waals surface area contributed by atoms with Crippen LogP contribution in [-0.4, -0.2) is 31.8 Å². The van der Waals surface area contributed by atoms with Crippen molar-refractivity contribution in [3.05, 3.63) is 23.8 Å². The Morgan fingerprint density at radius 2 is 2.05 bits per heavy atom. The van der Waals surface area contributed by atoms with Gasteiger partial charge in [0, 0.05) is 22.9 Å². The first-order chi connectivity index (χ1) is 9.69. The summed E-state index contributed by atoms with van der Waals surface area (Å²) in [5.41, 5.74) is 1.17. The van der Waals surface area contributed by atoms with Crippen molar-refractivity contribution < 1.29 is 9.47 Å². The molecule has 1 saturated carbocycles. The maximum Gasteiger partial charge on any atom is 0.123 e. The molecule has 1 aliphatic carbocycles. The summed E-state index contributed by atoms with van der Waals surface area (Å²) in [6.07, 6.45) is 6.12. The van der Waals surface area contributed by atoms with Crippen LogP contribution in [0.5, 0.6) is 11.5 Å². The highest BCUT2D eigenvalue weighted by atomic mass is 32.2. The summed E-state index contributed by atoms with van der Waals surface area (Å²) in [6.45, 7) is 2.20. The second-order valence-corrected chi connectivity index (χ2v) is 6.38. The van der Waals surface area contributed by atoms with Crippen molar-refractivity contribution in [2.45, 2.75) is 43.5 Å². The molecule has 0 spiro atoms. The molecular weight excluding hydrogens is 270 g/mol. The summed E-state index contributed by atoms with van der Waals surface area (Å²) >= 11 is 1.98. The van der Waals surface area contributed by atoms with Crippen LogP contribution in [0.25, 0.3) is 0 Å². The fourth-order valence-corrected chi connectivity index (χ4v) is 3.93. The van der Waals surface area contributed by atoms with E-state index in [1.54, 1.807) is 14.2 Å². The third-order valence-corrected chi connectivity index (χ3v) is 5.29. The molecule has 1 aliphatic rings. The van der Waals surface area contributed by atoms with Crippen LogP contribution in [-0.2, 0) is 0 Å². The number of nitrogens with one attached hydrogen (secondary N) is 1. The minimum Gasteiger partial charge on any atom is -0.497 e. The van der Waals surface area contributed by atoms with E-state index >= 15 is 0 Å². The number of hydrogen-bond donors (Lipinski definition) is 1. The molecule has 1 aromatic carbocycles. The third-order valence-electron chi connectivity index (χ3n) is 4.12. The van der Waals surface area contributed by atoms with Gasteiger partial charge in [0.15, 0.2) is 0 Å². The van der Waals surface area contributed by atoms with E-state index in [2.05, 4.69) is 24.6 Å². The molecule has 20 heavy (non-hydrogen) atoms. The van der Waals surface area contributed by atoms with Crippen LogP contribution in [0, 0.1) is 0 Å². The van der Waals surface area contributed by atoms with Crippen LogP contribution in [0.1, 0.15) is 37.8 Å². The van der Waals surface area contributed by atoms with Crippen molar-refractivity contribution in [3.63, 3.8) is 0 Å². The quantitative estimate of drug-likeness (QED) is 0.868. The van der Waals surface area contributed by atoms with Gasteiger partial charge in [0.2, 0.25) is 0 Å². The Kier molecular flexibility index (Phi) is 5.61. The standard InChI is InChI=1S/C16H25NO2S/c1-11(17-14-6-5-7-16(14)20-4)13-10-12(18-2)8-9-15(13)19-3/h8-11,14,16-17H,5-7H2,1-4H3. The molecule has 3 unspecified atom stereocenters.